The number of fused-ring (bicyclic) bond motifs is 2. The summed E-state index contributed by atoms with van der Waals surface area (Å²) >= 11 is 1.55. The molecule has 0 unspecified atom stereocenters. The lowest BCUT2D eigenvalue weighted by molar-refractivity contribution is -0.849. The predicted octanol–water partition coefficient (Wildman–Crippen LogP) is 1.29. The van der Waals surface area contributed by atoms with Gasteiger partial charge in [0, 0.05) is 30.3 Å². The SMILES string of the molecule is C[C@H](C(=O)N(C)CCC#N)[C@@H]1CC[C@]2(C)Cc3sc(NC(=O)C[NH+](C)C)nc3[C@@H](C)[C@@H]2[C@H]1O. The molecule has 0 saturated heterocycles. The second kappa shape index (κ2) is 10.1. The number of hydrogen-bond donors (Lipinski definition) is 3. The average molecular weight is 477 g/mol. The molecule has 9 heteroatoms. The molecule has 1 heterocycles. The van der Waals surface area contributed by atoms with Crippen LogP contribution < -0.4 is 10.2 Å². The van der Waals surface area contributed by atoms with Crippen LogP contribution in [0.25, 0.3) is 0 Å². The van der Waals surface area contributed by atoms with Gasteiger partial charge in [-0.1, -0.05) is 20.8 Å². The number of carbonyl (C=O) groups is 2. The Kier molecular flexibility index (Phi) is 7.82. The molecule has 1 fully saturated rings. The molecule has 0 aromatic carbocycles. The van der Waals surface area contributed by atoms with E-state index in [1.54, 1.807) is 23.3 Å². The third kappa shape index (κ3) is 5.23. The van der Waals surface area contributed by atoms with Crippen molar-refractivity contribution in [2.45, 2.75) is 58.5 Å². The highest BCUT2D eigenvalue weighted by Gasteiger charge is 2.54. The van der Waals surface area contributed by atoms with Gasteiger partial charge in [0.1, 0.15) is 0 Å². The van der Waals surface area contributed by atoms with Gasteiger partial charge in [-0.2, -0.15) is 5.26 Å². The highest BCUT2D eigenvalue weighted by Crippen LogP contribution is 2.57. The highest BCUT2D eigenvalue weighted by molar-refractivity contribution is 7.15. The number of thiazole rings is 1. The van der Waals surface area contributed by atoms with E-state index in [4.69, 9.17) is 10.2 Å². The second-order valence-corrected chi connectivity index (χ2v) is 11.6. The van der Waals surface area contributed by atoms with Crippen LogP contribution in [0.5, 0.6) is 0 Å². The summed E-state index contributed by atoms with van der Waals surface area (Å²) in [6.07, 6.45) is 2.27. The van der Waals surface area contributed by atoms with Gasteiger partial charge in [0.2, 0.25) is 5.91 Å². The number of nitriles is 1. The number of hydrogen-bond acceptors (Lipinski definition) is 6. The lowest BCUT2D eigenvalue weighted by Crippen LogP contribution is -3.06. The molecule has 1 saturated carbocycles. The highest BCUT2D eigenvalue weighted by atomic mass is 32.1. The molecule has 1 aromatic rings. The van der Waals surface area contributed by atoms with Gasteiger partial charge < -0.3 is 14.9 Å². The van der Waals surface area contributed by atoms with Crippen molar-refractivity contribution in [3.8, 4) is 6.07 Å². The van der Waals surface area contributed by atoms with Crippen molar-refractivity contribution in [1.29, 1.82) is 5.26 Å². The van der Waals surface area contributed by atoms with Crippen molar-refractivity contribution in [3.05, 3.63) is 10.6 Å². The van der Waals surface area contributed by atoms with Crippen LogP contribution in [0.4, 0.5) is 5.13 Å². The number of aliphatic hydroxyl groups excluding tert-OH is 1. The summed E-state index contributed by atoms with van der Waals surface area (Å²) in [6, 6.07) is 2.08. The fourth-order valence-electron chi connectivity index (χ4n) is 5.94. The number of aromatic nitrogens is 1. The minimum atomic E-state index is -0.604. The minimum Gasteiger partial charge on any atom is -0.392 e. The van der Waals surface area contributed by atoms with E-state index in [1.807, 2.05) is 21.0 Å². The van der Waals surface area contributed by atoms with Crippen LogP contribution >= 0.6 is 11.3 Å². The van der Waals surface area contributed by atoms with E-state index >= 15 is 0 Å². The summed E-state index contributed by atoms with van der Waals surface area (Å²) in [5.41, 5.74) is 0.902. The van der Waals surface area contributed by atoms with E-state index in [9.17, 15) is 14.7 Å². The molecular weight excluding hydrogens is 438 g/mol. The lowest BCUT2D eigenvalue weighted by atomic mass is 9.53. The van der Waals surface area contributed by atoms with Crippen LogP contribution in [0.1, 0.15) is 56.5 Å². The molecule has 2 aliphatic carbocycles. The van der Waals surface area contributed by atoms with Crippen molar-refractivity contribution < 1.29 is 19.6 Å². The van der Waals surface area contributed by atoms with E-state index in [2.05, 4.69) is 25.2 Å². The standard InChI is InChI=1S/C24H37N5O3S/c1-14(22(32)29(6)11-7-10-25)16-8-9-24(3)12-17-20(15(2)19(24)21(16)31)27-23(33-17)26-18(30)13-28(4)5/h14-16,19,21,31H,7-9,11-13H2,1-6H3,(H,26,27,30)/p+1/t14-,15-,16-,19+,21-,24+/m0/s1. The van der Waals surface area contributed by atoms with Gasteiger partial charge in [-0.25, -0.2) is 4.98 Å². The Labute approximate surface area is 201 Å². The molecule has 3 N–H and O–H groups in total. The summed E-state index contributed by atoms with van der Waals surface area (Å²) in [4.78, 5) is 33.8. The number of nitrogens with zero attached hydrogens (tertiary/aromatic N) is 3. The Morgan fingerprint density at radius 3 is 2.79 bits per heavy atom. The summed E-state index contributed by atoms with van der Waals surface area (Å²) in [6.45, 7) is 7.06. The molecule has 1 aromatic heterocycles. The maximum absolute atomic E-state index is 12.9. The topological polar surface area (TPSA) is 111 Å². The van der Waals surface area contributed by atoms with E-state index in [-0.39, 0.29) is 40.9 Å². The maximum atomic E-state index is 12.9. The quantitative estimate of drug-likeness (QED) is 0.549. The molecule has 3 rings (SSSR count). The number of nitrogens with one attached hydrogen (secondary N) is 2. The number of rotatable bonds is 7. The van der Waals surface area contributed by atoms with Crippen LogP contribution in [0, 0.1) is 34.5 Å². The zero-order valence-corrected chi connectivity index (χ0v) is 21.5. The second-order valence-electron chi connectivity index (χ2n) is 10.6. The molecule has 8 nitrogen and oxygen atoms in total. The molecule has 0 bridgehead atoms. The van der Waals surface area contributed by atoms with Crippen molar-refractivity contribution in [1.82, 2.24) is 9.88 Å². The fourth-order valence-corrected chi connectivity index (χ4v) is 7.22. The number of amides is 2. The lowest BCUT2D eigenvalue weighted by Gasteiger charge is -2.53. The number of anilines is 1. The van der Waals surface area contributed by atoms with E-state index in [1.165, 1.54) is 4.88 Å². The number of aliphatic hydroxyl groups is 1. The zero-order valence-electron chi connectivity index (χ0n) is 20.6. The minimum absolute atomic E-state index is 0.000265. The molecule has 0 aliphatic heterocycles. The Hall–Kier alpha value is -2.02. The third-order valence-electron chi connectivity index (χ3n) is 7.65. The molecule has 182 valence electrons. The van der Waals surface area contributed by atoms with Gasteiger partial charge in [-0.05, 0) is 36.5 Å². The molecule has 2 aliphatic rings. The maximum Gasteiger partial charge on any atom is 0.281 e. The first-order chi connectivity index (χ1) is 15.5. The van der Waals surface area contributed by atoms with Crippen LogP contribution in [-0.2, 0) is 16.0 Å². The van der Waals surface area contributed by atoms with Crippen LogP contribution in [0.3, 0.4) is 0 Å². The molecular formula is C24H38N5O3S+. The summed E-state index contributed by atoms with van der Waals surface area (Å²) in [5, 5.41) is 23.9. The normalized spacial score (nSPS) is 29.5. The fraction of sp³-hybridized carbons (Fsp3) is 0.750. The zero-order chi connectivity index (χ0) is 24.5. The number of likely N-dealkylation sites (N-methyl/N-ethyl adjacent to an activating group) is 1. The van der Waals surface area contributed by atoms with Crippen LogP contribution in [0.15, 0.2) is 0 Å². The Morgan fingerprint density at radius 2 is 2.15 bits per heavy atom. The van der Waals surface area contributed by atoms with Crippen molar-refractivity contribution in [2.24, 2.45) is 23.2 Å². The van der Waals surface area contributed by atoms with E-state index in [0.29, 0.717) is 24.6 Å². The Bertz CT molecular complexity index is 926. The van der Waals surface area contributed by atoms with Crippen molar-refractivity contribution >= 4 is 28.3 Å². The predicted molar refractivity (Wildman–Crippen MR) is 128 cm³/mol. The number of carbonyl (C=O) groups excluding carboxylic acids is 2. The van der Waals surface area contributed by atoms with Gasteiger partial charge in [-0.15, -0.1) is 11.3 Å². The summed E-state index contributed by atoms with van der Waals surface area (Å²) in [5.74, 6) is -0.448. The first kappa shape index (κ1) is 25.6. The van der Waals surface area contributed by atoms with Crippen LogP contribution in [-0.4, -0.2) is 67.1 Å². The molecule has 33 heavy (non-hydrogen) atoms. The Morgan fingerprint density at radius 1 is 1.45 bits per heavy atom. The first-order valence-electron chi connectivity index (χ1n) is 11.9. The molecule has 0 spiro atoms. The molecule has 6 atom stereocenters. The number of quaternary nitrogens is 1. The van der Waals surface area contributed by atoms with Crippen LogP contribution in [0.2, 0.25) is 0 Å². The third-order valence-corrected chi connectivity index (χ3v) is 8.64. The van der Waals surface area contributed by atoms with E-state index in [0.717, 1.165) is 29.9 Å². The van der Waals surface area contributed by atoms with Gasteiger partial charge in [0.05, 0.1) is 38.4 Å². The van der Waals surface area contributed by atoms with Crippen molar-refractivity contribution in [3.63, 3.8) is 0 Å². The first-order valence-corrected chi connectivity index (χ1v) is 12.7. The molecule has 0 radical (unpaired) electrons. The summed E-state index contributed by atoms with van der Waals surface area (Å²) in [7, 11) is 5.60. The van der Waals surface area contributed by atoms with E-state index < -0.39 is 6.10 Å². The largest absolute Gasteiger partial charge is 0.392 e. The summed E-state index contributed by atoms with van der Waals surface area (Å²) < 4.78 is 0. The molecule has 2 amide bonds. The Balaban J connectivity index is 1.78. The van der Waals surface area contributed by atoms with Gasteiger partial charge >= 0.3 is 0 Å². The van der Waals surface area contributed by atoms with Crippen molar-refractivity contribution in [2.75, 3.05) is 39.5 Å². The van der Waals surface area contributed by atoms with Gasteiger partial charge in [0.25, 0.3) is 5.91 Å². The average Bonchev–Trinajstić information content (AvgIpc) is 3.12. The smallest absolute Gasteiger partial charge is 0.281 e. The monoisotopic (exact) mass is 476 g/mol. The van der Waals surface area contributed by atoms with Gasteiger partial charge in [-0.3, -0.25) is 14.9 Å². The van der Waals surface area contributed by atoms with Gasteiger partial charge in [0.15, 0.2) is 11.7 Å².